The molecule has 2 saturated carbocycles. The van der Waals surface area contributed by atoms with Crippen molar-refractivity contribution < 1.29 is 19.5 Å². The average Bonchev–Trinajstić information content (AvgIpc) is 3.50. The summed E-state index contributed by atoms with van der Waals surface area (Å²) in [6, 6.07) is 14.1. The number of benzene rings is 2. The van der Waals surface area contributed by atoms with Crippen molar-refractivity contribution in [2.24, 2.45) is 5.92 Å². The Balaban J connectivity index is 1.56. The van der Waals surface area contributed by atoms with Gasteiger partial charge in [-0.1, -0.05) is 36.2 Å². The number of hydrogen-bond acceptors (Lipinski definition) is 5. The predicted molar refractivity (Wildman–Crippen MR) is 126 cm³/mol. The van der Waals surface area contributed by atoms with Crippen LogP contribution in [0.5, 0.6) is 0 Å². The molecule has 3 aliphatic rings. The van der Waals surface area contributed by atoms with Gasteiger partial charge in [-0.15, -0.1) is 0 Å². The fraction of sp³-hybridized carbons (Fsp3) is 0.423. The van der Waals surface area contributed by atoms with Crippen LogP contribution in [-0.2, 0) is 9.59 Å². The van der Waals surface area contributed by atoms with Gasteiger partial charge >= 0.3 is 5.97 Å². The highest BCUT2D eigenvalue weighted by molar-refractivity contribution is 6.44. The lowest BCUT2D eigenvalue weighted by Gasteiger charge is -2.46. The molecule has 2 aliphatic carbocycles. The number of halogens is 1. The van der Waals surface area contributed by atoms with Crippen LogP contribution in [0.3, 0.4) is 0 Å². The van der Waals surface area contributed by atoms with Crippen LogP contribution < -0.4 is 10.6 Å². The molecular weight excluding hydrogens is 440 g/mol. The largest absolute Gasteiger partial charge is 0.480 e. The summed E-state index contributed by atoms with van der Waals surface area (Å²) in [5.41, 5.74) is 0.499. The van der Waals surface area contributed by atoms with Crippen molar-refractivity contribution in [3.05, 3.63) is 64.7 Å². The Labute approximate surface area is 197 Å². The van der Waals surface area contributed by atoms with E-state index in [1.54, 1.807) is 12.1 Å². The number of carbonyl (C=O) groups excluding carboxylic acids is 2. The number of carboxylic acids is 1. The highest BCUT2D eigenvalue weighted by Crippen LogP contribution is 2.52. The molecule has 0 aromatic heterocycles. The number of carbonyl (C=O) groups is 3. The van der Waals surface area contributed by atoms with Crippen LogP contribution in [0.4, 0.5) is 5.69 Å². The Kier molecular flexibility index (Phi) is 5.75. The first kappa shape index (κ1) is 22.1. The highest BCUT2D eigenvalue weighted by atomic mass is 35.5. The minimum Gasteiger partial charge on any atom is -0.480 e. The second kappa shape index (κ2) is 8.58. The standard InChI is InChI=1S/C26H27ClN2O4/c27-16-10-8-15(9-11-16)24(31)22(30)14-26(25(32)33,29-17-12-13-17)23-18-4-1-2-6-20(18)28-21-7-3-5-19(21)23/h1-2,4,6,8-11,17,19,21,23,28-29H,3,5,7,12-14H2,(H,32,33). The van der Waals surface area contributed by atoms with Gasteiger partial charge in [-0.2, -0.15) is 0 Å². The number of para-hydroxylation sites is 1. The number of Topliss-reactive ketones (excluding diaryl/α,β-unsaturated/α-hetero) is 2. The topological polar surface area (TPSA) is 95.5 Å². The van der Waals surface area contributed by atoms with Gasteiger partial charge in [0.25, 0.3) is 0 Å². The summed E-state index contributed by atoms with van der Waals surface area (Å²) >= 11 is 5.92. The number of anilines is 1. The molecule has 5 rings (SSSR count). The second-order valence-corrected chi connectivity index (χ2v) is 9.98. The molecule has 2 aromatic rings. The molecule has 4 unspecified atom stereocenters. The van der Waals surface area contributed by atoms with E-state index in [2.05, 4.69) is 10.6 Å². The van der Waals surface area contributed by atoms with E-state index in [0.717, 1.165) is 43.4 Å². The zero-order valence-corrected chi connectivity index (χ0v) is 19.0. The third-order valence-corrected chi connectivity index (χ3v) is 7.64. The number of ketones is 2. The van der Waals surface area contributed by atoms with E-state index in [-0.39, 0.29) is 30.0 Å². The van der Waals surface area contributed by atoms with Gasteiger partial charge in [-0.3, -0.25) is 19.7 Å². The van der Waals surface area contributed by atoms with Crippen molar-refractivity contribution in [3.8, 4) is 0 Å². The van der Waals surface area contributed by atoms with Crippen LogP contribution in [0.25, 0.3) is 0 Å². The van der Waals surface area contributed by atoms with Gasteiger partial charge in [0, 0.05) is 40.7 Å². The quantitative estimate of drug-likeness (QED) is 0.393. The summed E-state index contributed by atoms with van der Waals surface area (Å²) in [5, 5.41) is 18.1. The lowest BCUT2D eigenvalue weighted by Crippen LogP contribution is -2.62. The Morgan fingerprint density at radius 2 is 1.76 bits per heavy atom. The molecule has 0 radical (unpaired) electrons. The molecule has 1 aliphatic heterocycles. The van der Waals surface area contributed by atoms with E-state index in [1.807, 2.05) is 24.3 Å². The first-order valence-electron chi connectivity index (χ1n) is 11.6. The first-order valence-corrected chi connectivity index (χ1v) is 12.0. The third kappa shape index (κ3) is 4.06. The monoisotopic (exact) mass is 466 g/mol. The molecule has 0 saturated heterocycles. The van der Waals surface area contributed by atoms with Gasteiger partial charge in [0.15, 0.2) is 0 Å². The zero-order chi connectivity index (χ0) is 23.2. The molecule has 4 atom stereocenters. The van der Waals surface area contributed by atoms with E-state index in [1.165, 1.54) is 12.1 Å². The average molecular weight is 467 g/mol. The van der Waals surface area contributed by atoms with Gasteiger partial charge in [0.1, 0.15) is 5.54 Å². The summed E-state index contributed by atoms with van der Waals surface area (Å²) < 4.78 is 0. The zero-order valence-electron chi connectivity index (χ0n) is 18.2. The smallest absolute Gasteiger partial charge is 0.325 e. The van der Waals surface area contributed by atoms with E-state index in [0.29, 0.717) is 5.02 Å². The van der Waals surface area contributed by atoms with Gasteiger partial charge in [-0.05, 0) is 67.5 Å². The van der Waals surface area contributed by atoms with Crippen molar-refractivity contribution in [3.63, 3.8) is 0 Å². The van der Waals surface area contributed by atoms with Crippen LogP contribution in [-0.4, -0.2) is 40.3 Å². The van der Waals surface area contributed by atoms with Crippen LogP contribution in [0.1, 0.15) is 60.4 Å². The molecule has 3 N–H and O–H groups in total. The molecule has 33 heavy (non-hydrogen) atoms. The number of fused-ring (bicyclic) bond motifs is 2. The van der Waals surface area contributed by atoms with Gasteiger partial charge < -0.3 is 10.4 Å². The lowest BCUT2D eigenvalue weighted by atomic mass is 9.65. The van der Waals surface area contributed by atoms with Crippen LogP contribution in [0.15, 0.2) is 48.5 Å². The molecule has 2 aromatic carbocycles. The number of carboxylic acid groups (broad SMARTS) is 1. The number of nitrogens with one attached hydrogen (secondary N) is 2. The normalized spacial score (nSPS) is 25.3. The summed E-state index contributed by atoms with van der Waals surface area (Å²) in [6.07, 6.45) is 4.21. The highest BCUT2D eigenvalue weighted by Gasteiger charge is 2.57. The fourth-order valence-electron chi connectivity index (χ4n) is 5.74. The Hall–Kier alpha value is -2.70. The molecule has 172 valence electrons. The predicted octanol–water partition coefficient (Wildman–Crippen LogP) is 4.44. The summed E-state index contributed by atoms with van der Waals surface area (Å²) in [6.45, 7) is 0. The molecule has 1 heterocycles. The SMILES string of the molecule is O=C(CC(NC1CC1)(C(=O)O)C1c2ccccc2NC2CCCC21)C(=O)c1ccc(Cl)cc1. The first-order chi connectivity index (χ1) is 15.9. The van der Waals surface area contributed by atoms with Crippen molar-refractivity contribution in [1.29, 1.82) is 0 Å². The van der Waals surface area contributed by atoms with E-state index >= 15 is 0 Å². The molecule has 0 bridgehead atoms. The van der Waals surface area contributed by atoms with Gasteiger partial charge in [-0.25, -0.2) is 0 Å². The van der Waals surface area contributed by atoms with Gasteiger partial charge in [0.2, 0.25) is 11.6 Å². The van der Waals surface area contributed by atoms with E-state index < -0.39 is 29.0 Å². The van der Waals surface area contributed by atoms with Crippen molar-refractivity contribution >= 4 is 34.8 Å². The van der Waals surface area contributed by atoms with Crippen LogP contribution in [0, 0.1) is 5.92 Å². The molecule has 2 fully saturated rings. The molecule has 7 heteroatoms. The van der Waals surface area contributed by atoms with E-state index in [9.17, 15) is 19.5 Å². The number of hydrogen-bond donors (Lipinski definition) is 3. The summed E-state index contributed by atoms with van der Waals surface area (Å²) in [5.74, 6) is -2.79. The third-order valence-electron chi connectivity index (χ3n) is 7.38. The maximum atomic E-state index is 13.3. The Morgan fingerprint density at radius 3 is 2.45 bits per heavy atom. The van der Waals surface area contributed by atoms with Gasteiger partial charge in [0.05, 0.1) is 0 Å². The van der Waals surface area contributed by atoms with Crippen molar-refractivity contribution in [2.75, 3.05) is 5.32 Å². The lowest BCUT2D eigenvalue weighted by molar-refractivity contribution is -0.149. The summed E-state index contributed by atoms with van der Waals surface area (Å²) in [7, 11) is 0. The summed E-state index contributed by atoms with van der Waals surface area (Å²) in [4.78, 5) is 39.3. The Morgan fingerprint density at radius 1 is 1.03 bits per heavy atom. The van der Waals surface area contributed by atoms with Crippen LogP contribution >= 0.6 is 11.6 Å². The molecular formula is C26H27ClN2O4. The van der Waals surface area contributed by atoms with Crippen molar-refractivity contribution in [1.82, 2.24) is 5.32 Å². The molecule has 0 amide bonds. The Bertz CT molecular complexity index is 1100. The minimum absolute atomic E-state index is 0.0430. The molecule has 6 nitrogen and oxygen atoms in total. The minimum atomic E-state index is -1.55. The van der Waals surface area contributed by atoms with Crippen LogP contribution in [0.2, 0.25) is 5.02 Å². The maximum absolute atomic E-state index is 13.3. The number of rotatable bonds is 8. The van der Waals surface area contributed by atoms with Crippen molar-refractivity contribution in [2.45, 2.75) is 62.1 Å². The fourth-order valence-corrected chi connectivity index (χ4v) is 5.86. The number of aliphatic carboxylic acids is 1. The molecule has 0 spiro atoms. The second-order valence-electron chi connectivity index (χ2n) is 9.54. The maximum Gasteiger partial charge on any atom is 0.325 e. The van der Waals surface area contributed by atoms with E-state index in [4.69, 9.17) is 11.6 Å².